The highest BCUT2D eigenvalue weighted by atomic mass is 32.1. The van der Waals surface area contributed by atoms with Crippen LogP contribution in [0.25, 0.3) is 0 Å². The predicted octanol–water partition coefficient (Wildman–Crippen LogP) is 7.19. The van der Waals surface area contributed by atoms with Gasteiger partial charge in [-0.15, -0.1) is 11.3 Å². The lowest BCUT2D eigenvalue weighted by Gasteiger charge is -2.35. The van der Waals surface area contributed by atoms with E-state index >= 15 is 0 Å². The summed E-state index contributed by atoms with van der Waals surface area (Å²) in [6, 6.07) is 6.85. The molecule has 2 amide bonds. The lowest BCUT2D eigenvalue weighted by molar-refractivity contribution is -0.210. The van der Waals surface area contributed by atoms with Crippen molar-refractivity contribution >= 4 is 40.8 Å². The molecule has 0 saturated carbocycles. The molecule has 12 heteroatoms. The van der Waals surface area contributed by atoms with E-state index in [4.69, 9.17) is 9.57 Å². The SMILES string of the molecule is CCCCCON(C(=O)CCCC)C(CC(OC(C)=O)c1nc(C(=O)NC(Cc2ccc(NC)cc2)CC(C)(C)C(=O)O)cs1)C(C)C. The van der Waals surface area contributed by atoms with Crippen molar-refractivity contribution in [2.75, 3.05) is 19.0 Å². The maximum atomic E-state index is 13.6. The number of carbonyl (C=O) groups is 4. The molecule has 0 aliphatic carbocycles. The third-order valence-corrected chi connectivity index (χ3v) is 9.17. The summed E-state index contributed by atoms with van der Waals surface area (Å²) >= 11 is 1.20. The summed E-state index contributed by atoms with van der Waals surface area (Å²) in [6.45, 7) is 13.1. The van der Waals surface area contributed by atoms with Crippen LogP contribution in [0, 0.1) is 11.3 Å². The van der Waals surface area contributed by atoms with Crippen LogP contribution >= 0.6 is 11.3 Å². The van der Waals surface area contributed by atoms with Gasteiger partial charge in [0.05, 0.1) is 18.1 Å². The Morgan fingerprint density at radius 3 is 2.27 bits per heavy atom. The molecule has 0 bridgehead atoms. The lowest BCUT2D eigenvalue weighted by Crippen LogP contribution is -2.44. The first-order valence-corrected chi connectivity index (χ1v) is 18.0. The summed E-state index contributed by atoms with van der Waals surface area (Å²) in [7, 11) is 1.83. The average Bonchev–Trinajstić information content (AvgIpc) is 3.53. The van der Waals surface area contributed by atoms with Gasteiger partial charge in [-0.25, -0.2) is 10.0 Å². The van der Waals surface area contributed by atoms with Crippen LogP contribution in [0.5, 0.6) is 0 Å². The number of benzene rings is 1. The molecule has 0 aliphatic heterocycles. The zero-order valence-corrected chi connectivity index (χ0v) is 30.8. The fourth-order valence-corrected chi connectivity index (χ4v) is 6.17. The molecular formula is C36H56N4O7S. The average molecular weight is 689 g/mol. The third-order valence-electron chi connectivity index (χ3n) is 8.23. The van der Waals surface area contributed by atoms with Gasteiger partial charge < -0.3 is 20.5 Å². The third kappa shape index (κ3) is 13.2. The highest BCUT2D eigenvalue weighted by Gasteiger charge is 2.35. The number of carboxylic acid groups (broad SMARTS) is 1. The minimum atomic E-state index is -1.08. The van der Waals surface area contributed by atoms with Crippen LogP contribution in [-0.2, 0) is 30.4 Å². The number of nitrogens with zero attached hydrogens (tertiary/aromatic N) is 2. The van der Waals surface area contributed by atoms with Crippen LogP contribution in [0.2, 0.25) is 0 Å². The molecule has 1 heterocycles. The highest BCUT2D eigenvalue weighted by molar-refractivity contribution is 7.09. The Kier molecular flexibility index (Phi) is 17.0. The molecule has 0 fully saturated rings. The van der Waals surface area contributed by atoms with Crippen LogP contribution < -0.4 is 10.6 Å². The van der Waals surface area contributed by atoms with Crippen molar-refractivity contribution in [3.8, 4) is 0 Å². The van der Waals surface area contributed by atoms with Gasteiger partial charge >= 0.3 is 11.9 Å². The number of aromatic nitrogens is 1. The van der Waals surface area contributed by atoms with E-state index in [1.165, 1.54) is 23.3 Å². The molecule has 268 valence electrons. The molecule has 0 radical (unpaired) electrons. The predicted molar refractivity (Wildman–Crippen MR) is 189 cm³/mol. The normalized spacial score (nSPS) is 13.4. The number of hydroxylamine groups is 2. The zero-order chi connectivity index (χ0) is 35.9. The van der Waals surface area contributed by atoms with Crippen molar-refractivity contribution in [1.82, 2.24) is 15.4 Å². The van der Waals surface area contributed by atoms with Crippen LogP contribution in [0.1, 0.15) is 127 Å². The highest BCUT2D eigenvalue weighted by Crippen LogP contribution is 2.32. The molecule has 3 unspecified atom stereocenters. The van der Waals surface area contributed by atoms with Gasteiger partial charge in [0.2, 0.25) is 5.91 Å². The fourth-order valence-electron chi connectivity index (χ4n) is 5.33. The molecule has 3 N–H and O–H groups in total. The fraction of sp³-hybridized carbons (Fsp3) is 0.639. The van der Waals surface area contributed by atoms with Crippen molar-refractivity contribution in [2.45, 2.75) is 124 Å². The Morgan fingerprint density at radius 2 is 1.71 bits per heavy atom. The molecule has 48 heavy (non-hydrogen) atoms. The minimum Gasteiger partial charge on any atom is -0.481 e. The number of hydrogen-bond donors (Lipinski definition) is 3. The summed E-state index contributed by atoms with van der Waals surface area (Å²) in [6.07, 6.45) is 4.86. The topological polar surface area (TPSA) is 147 Å². The van der Waals surface area contributed by atoms with Crippen molar-refractivity contribution in [1.29, 1.82) is 0 Å². The van der Waals surface area contributed by atoms with Gasteiger partial charge in [-0.1, -0.05) is 59.1 Å². The number of unbranched alkanes of at least 4 members (excludes halogenated alkanes) is 3. The first kappa shape index (κ1) is 40.7. The molecule has 11 nitrogen and oxygen atoms in total. The summed E-state index contributed by atoms with van der Waals surface area (Å²) < 4.78 is 5.75. The molecule has 0 aliphatic rings. The maximum absolute atomic E-state index is 13.6. The second-order valence-corrected chi connectivity index (χ2v) is 14.2. The second kappa shape index (κ2) is 20.1. The standard InChI is InChI=1S/C36H56N4O7S/c1-9-11-13-19-46-40(32(42)14-12-10-2)30(24(3)4)21-31(47-25(5)41)34-39-29(23-48-34)33(43)38-28(22-36(6,7)35(44)45)20-26-15-17-27(37-8)18-16-26/h15-18,23-24,28,30-31,37H,9-14,19-22H2,1-8H3,(H,38,43)(H,44,45). The molecule has 1 aromatic carbocycles. The number of thiazole rings is 1. The summed E-state index contributed by atoms with van der Waals surface area (Å²) in [5, 5.41) is 19.4. The quantitative estimate of drug-likeness (QED) is 0.0665. The summed E-state index contributed by atoms with van der Waals surface area (Å²) in [5.74, 6) is -2.04. The van der Waals surface area contributed by atoms with Gasteiger partial charge in [-0.2, -0.15) is 0 Å². The van der Waals surface area contributed by atoms with Crippen LogP contribution in [-0.4, -0.2) is 64.6 Å². The van der Waals surface area contributed by atoms with E-state index in [1.807, 2.05) is 52.1 Å². The van der Waals surface area contributed by atoms with E-state index < -0.39 is 41.4 Å². The summed E-state index contributed by atoms with van der Waals surface area (Å²) in [4.78, 5) is 61.8. The smallest absolute Gasteiger partial charge is 0.309 e. The number of ether oxygens (including phenoxy) is 1. The second-order valence-electron chi connectivity index (χ2n) is 13.3. The Balaban J connectivity index is 2.34. The Hall–Kier alpha value is -3.51. The molecule has 2 rings (SSSR count). The number of aliphatic carboxylic acids is 1. The van der Waals surface area contributed by atoms with Gasteiger partial charge in [0.25, 0.3) is 5.91 Å². The molecule has 0 spiro atoms. The van der Waals surface area contributed by atoms with Gasteiger partial charge in [0.15, 0.2) is 6.10 Å². The van der Waals surface area contributed by atoms with E-state index in [-0.39, 0.29) is 30.4 Å². The first-order valence-electron chi connectivity index (χ1n) is 17.1. The monoisotopic (exact) mass is 688 g/mol. The number of amides is 2. The Morgan fingerprint density at radius 1 is 1.04 bits per heavy atom. The van der Waals surface area contributed by atoms with Crippen LogP contribution in [0.3, 0.4) is 0 Å². The molecule has 2 aromatic rings. The van der Waals surface area contributed by atoms with E-state index in [0.717, 1.165) is 43.4 Å². The summed E-state index contributed by atoms with van der Waals surface area (Å²) in [5.41, 5.74) is 0.952. The minimum absolute atomic E-state index is 0.0249. The number of anilines is 1. The van der Waals surface area contributed by atoms with Crippen LogP contribution in [0.4, 0.5) is 5.69 Å². The number of nitrogens with one attached hydrogen (secondary N) is 2. The number of carboxylic acids is 1. The molecule has 0 saturated heterocycles. The lowest BCUT2D eigenvalue weighted by atomic mass is 9.84. The van der Waals surface area contributed by atoms with Crippen molar-refractivity contribution in [2.24, 2.45) is 11.3 Å². The largest absolute Gasteiger partial charge is 0.481 e. The Bertz CT molecular complexity index is 1310. The van der Waals surface area contributed by atoms with Gasteiger partial charge in [-0.05, 0) is 63.1 Å². The van der Waals surface area contributed by atoms with E-state index in [2.05, 4.69) is 22.5 Å². The molecular weight excluding hydrogens is 632 g/mol. The number of esters is 1. The number of rotatable bonds is 22. The van der Waals surface area contributed by atoms with E-state index in [0.29, 0.717) is 24.5 Å². The van der Waals surface area contributed by atoms with Gasteiger partial charge in [0.1, 0.15) is 10.7 Å². The molecule has 1 aromatic heterocycles. The maximum Gasteiger partial charge on any atom is 0.309 e. The number of carbonyl (C=O) groups excluding carboxylic acids is 3. The Labute approximate surface area is 290 Å². The van der Waals surface area contributed by atoms with E-state index in [9.17, 15) is 24.3 Å². The van der Waals surface area contributed by atoms with Crippen molar-refractivity contribution in [3.63, 3.8) is 0 Å². The zero-order valence-electron chi connectivity index (χ0n) is 30.0. The van der Waals surface area contributed by atoms with Gasteiger partial charge in [0, 0.05) is 43.9 Å². The number of hydrogen-bond acceptors (Lipinski definition) is 9. The van der Waals surface area contributed by atoms with Crippen molar-refractivity contribution < 1.29 is 33.9 Å². The van der Waals surface area contributed by atoms with Crippen LogP contribution in [0.15, 0.2) is 29.6 Å². The van der Waals surface area contributed by atoms with E-state index in [1.54, 1.807) is 19.2 Å². The van der Waals surface area contributed by atoms with Gasteiger partial charge in [-0.3, -0.25) is 24.0 Å². The molecule has 3 atom stereocenters. The van der Waals surface area contributed by atoms with Crippen molar-refractivity contribution in [3.05, 3.63) is 45.9 Å². The first-order chi connectivity index (χ1) is 22.7.